The average Bonchev–Trinajstić information content (AvgIpc) is 2.39. The number of hydrogen-bond donors (Lipinski definition) is 2. The maximum Gasteiger partial charge on any atom is 0.184 e. The van der Waals surface area contributed by atoms with Gasteiger partial charge < -0.3 is 15.2 Å². The van der Waals surface area contributed by atoms with Crippen molar-refractivity contribution in [1.29, 1.82) is 0 Å². The van der Waals surface area contributed by atoms with E-state index < -0.39 is 0 Å². The summed E-state index contributed by atoms with van der Waals surface area (Å²) in [5.74, 6) is 1.33. The van der Waals surface area contributed by atoms with Gasteiger partial charge in [0.2, 0.25) is 0 Å². The molecule has 104 valence electrons. The molecule has 1 atom stereocenters. The summed E-state index contributed by atoms with van der Waals surface area (Å²) in [6.07, 6.45) is 2.59. The number of thiocarbonyl (C=S) groups is 1. The SMILES string of the molecule is CCC(C)Oc1c(C=NNC(N)=S)cccc1OC. The summed E-state index contributed by atoms with van der Waals surface area (Å²) < 4.78 is 11.2. The Hall–Kier alpha value is -1.82. The van der Waals surface area contributed by atoms with Crippen LogP contribution in [0, 0.1) is 0 Å². The first kappa shape index (κ1) is 15.2. The van der Waals surface area contributed by atoms with E-state index in [1.54, 1.807) is 13.3 Å². The normalized spacial score (nSPS) is 12.2. The van der Waals surface area contributed by atoms with Gasteiger partial charge in [0.15, 0.2) is 16.6 Å². The minimum Gasteiger partial charge on any atom is -0.493 e. The molecule has 0 aliphatic rings. The van der Waals surface area contributed by atoms with E-state index in [1.165, 1.54) is 0 Å². The fourth-order valence-corrected chi connectivity index (χ4v) is 1.42. The van der Waals surface area contributed by atoms with E-state index in [-0.39, 0.29) is 11.2 Å². The molecule has 6 heteroatoms. The maximum atomic E-state index is 5.87. The van der Waals surface area contributed by atoms with Gasteiger partial charge in [-0.05, 0) is 37.7 Å². The maximum absolute atomic E-state index is 5.87. The van der Waals surface area contributed by atoms with Gasteiger partial charge in [0.1, 0.15) is 0 Å². The van der Waals surface area contributed by atoms with Crippen molar-refractivity contribution in [1.82, 2.24) is 5.43 Å². The number of benzene rings is 1. The number of ether oxygens (including phenoxy) is 2. The molecule has 0 fully saturated rings. The Morgan fingerprint density at radius 1 is 1.58 bits per heavy atom. The van der Waals surface area contributed by atoms with Gasteiger partial charge in [0.05, 0.1) is 19.4 Å². The van der Waals surface area contributed by atoms with Gasteiger partial charge in [-0.2, -0.15) is 5.10 Å². The lowest BCUT2D eigenvalue weighted by Gasteiger charge is -2.17. The van der Waals surface area contributed by atoms with Crippen LogP contribution in [0.4, 0.5) is 0 Å². The van der Waals surface area contributed by atoms with Crippen molar-refractivity contribution in [3.8, 4) is 11.5 Å². The first-order valence-electron chi connectivity index (χ1n) is 6.00. The van der Waals surface area contributed by atoms with Gasteiger partial charge in [-0.3, -0.25) is 5.43 Å². The molecule has 0 saturated heterocycles. The number of nitrogens with one attached hydrogen (secondary N) is 1. The summed E-state index contributed by atoms with van der Waals surface area (Å²) >= 11 is 4.68. The number of hydrazone groups is 1. The van der Waals surface area contributed by atoms with E-state index in [0.717, 1.165) is 12.0 Å². The van der Waals surface area contributed by atoms with Gasteiger partial charge in [-0.1, -0.05) is 13.0 Å². The molecule has 1 aromatic carbocycles. The summed E-state index contributed by atoms with van der Waals surface area (Å²) in [4.78, 5) is 0. The molecule has 0 saturated carbocycles. The summed E-state index contributed by atoms with van der Waals surface area (Å²) in [6.45, 7) is 4.06. The lowest BCUT2D eigenvalue weighted by Crippen LogP contribution is -2.24. The third kappa shape index (κ3) is 4.75. The largest absolute Gasteiger partial charge is 0.493 e. The van der Waals surface area contributed by atoms with E-state index in [4.69, 9.17) is 15.2 Å². The second kappa shape index (κ2) is 7.58. The minimum atomic E-state index is 0.0898. The molecule has 19 heavy (non-hydrogen) atoms. The van der Waals surface area contributed by atoms with E-state index in [9.17, 15) is 0 Å². The minimum absolute atomic E-state index is 0.0898. The summed E-state index contributed by atoms with van der Waals surface area (Å²) in [7, 11) is 1.60. The second-order valence-electron chi connectivity index (χ2n) is 3.95. The van der Waals surface area contributed by atoms with Gasteiger partial charge in [0, 0.05) is 5.56 Å². The van der Waals surface area contributed by atoms with Crippen LogP contribution in [-0.4, -0.2) is 24.5 Å². The molecule has 3 N–H and O–H groups in total. The van der Waals surface area contributed by atoms with Crippen molar-refractivity contribution in [3.63, 3.8) is 0 Å². The highest BCUT2D eigenvalue weighted by atomic mass is 32.1. The number of para-hydroxylation sites is 1. The van der Waals surface area contributed by atoms with Crippen LogP contribution in [-0.2, 0) is 0 Å². The Balaban J connectivity index is 3.01. The van der Waals surface area contributed by atoms with E-state index in [0.29, 0.717) is 11.5 Å². The molecule has 1 unspecified atom stereocenters. The van der Waals surface area contributed by atoms with E-state index in [1.807, 2.05) is 25.1 Å². The van der Waals surface area contributed by atoms with Crippen LogP contribution in [0.2, 0.25) is 0 Å². The standard InChI is InChI=1S/C13H19N3O2S/c1-4-9(2)18-12-10(8-15-16-13(14)19)6-5-7-11(12)17-3/h5-9H,4H2,1-3H3,(H3,14,16,19). The number of methoxy groups -OCH3 is 1. The highest BCUT2D eigenvalue weighted by Crippen LogP contribution is 2.31. The van der Waals surface area contributed by atoms with Crippen LogP contribution in [0.25, 0.3) is 0 Å². The molecule has 0 radical (unpaired) electrons. The fourth-order valence-electron chi connectivity index (χ4n) is 1.37. The number of nitrogens with two attached hydrogens (primary N) is 1. The molecule has 5 nitrogen and oxygen atoms in total. The first-order chi connectivity index (χ1) is 9.08. The molecule has 0 aliphatic heterocycles. The van der Waals surface area contributed by atoms with Crippen molar-refractivity contribution < 1.29 is 9.47 Å². The lowest BCUT2D eigenvalue weighted by atomic mass is 10.2. The van der Waals surface area contributed by atoms with Gasteiger partial charge in [-0.15, -0.1) is 0 Å². The highest BCUT2D eigenvalue weighted by Gasteiger charge is 2.11. The van der Waals surface area contributed by atoms with Gasteiger partial charge in [-0.25, -0.2) is 0 Å². The third-order valence-electron chi connectivity index (χ3n) is 2.50. The fraction of sp³-hybridized carbons (Fsp3) is 0.385. The second-order valence-corrected chi connectivity index (χ2v) is 4.39. The van der Waals surface area contributed by atoms with Crippen LogP contribution < -0.4 is 20.6 Å². The quantitative estimate of drug-likeness (QED) is 0.474. The molecule has 0 amide bonds. The van der Waals surface area contributed by atoms with Crippen LogP contribution >= 0.6 is 12.2 Å². The molecule has 1 rings (SSSR count). The molecule has 1 aromatic rings. The smallest absolute Gasteiger partial charge is 0.184 e. The van der Waals surface area contributed by atoms with Gasteiger partial charge >= 0.3 is 0 Å². The predicted molar refractivity (Wildman–Crippen MR) is 80.9 cm³/mol. The number of nitrogens with zero attached hydrogens (tertiary/aromatic N) is 1. The monoisotopic (exact) mass is 281 g/mol. The Kier molecular flexibility index (Phi) is 6.08. The summed E-state index contributed by atoms with van der Waals surface area (Å²) in [6, 6.07) is 5.59. The molecule has 0 bridgehead atoms. The van der Waals surface area contributed by atoms with Crippen molar-refractivity contribution >= 4 is 23.5 Å². The number of hydrogen-bond acceptors (Lipinski definition) is 4. The molecule has 0 heterocycles. The molecule has 0 aliphatic carbocycles. The zero-order valence-corrected chi connectivity index (χ0v) is 12.2. The zero-order chi connectivity index (χ0) is 14.3. The first-order valence-corrected chi connectivity index (χ1v) is 6.41. The van der Waals surface area contributed by atoms with Crippen LogP contribution in [0.1, 0.15) is 25.8 Å². The third-order valence-corrected chi connectivity index (χ3v) is 2.59. The van der Waals surface area contributed by atoms with Crippen LogP contribution in [0.5, 0.6) is 11.5 Å². The Morgan fingerprint density at radius 2 is 2.32 bits per heavy atom. The Morgan fingerprint density at radius 3 is 2.89 bits per heavy atom. The predicted octanol–water partition coefficient (Wildman–Crippen LogP) is 2.04. The Labute approximate surface area is 118 Å². The molecule has 0 spiro atoms. The van der Waals surface area contributed by atoms with Crippen molar-refractivity contribution in [3.05, 3.63) is 23.8 Å². The van der Waals surface area contributed by atoms with Crippen molar-refractivity contribution in [2.24, 2.45) is 10.8 Å². The van der Waals surface area contributed by atoms with Crippen LogP contribution in [0.15, 0.2) is 23.3 Å². The summed E-state index contributed by atoms with van der Waals surface area (Å²) in [5, 5.41) is 4.05. The average molecular weight is 281 g/mol. The van der Waals surface area contributed by atoms with Gasteiger partial charge in [0.25, 0.3) is 0 Å². The molecule has 0 aromatic heterocycles. The zero-order valence-electron chi connectivity index (χ0n) is 11.3. The van der Waals surface area contributed by atoms with Crippen LogP contribution in [0.3, 0.4) is 0 Å². The van der Waals surface area contributed by atoms with Crippen molar-refractivity contribution in [2.45, 2.75) is 26.4 Å². The topological polar surface area (TPSA) is 68.9 Å². The molecular weight excluding hydrogens is 262 g/mol. The summed E-state index contributed by atoms with van der Waals surface area (Å²) in [5.41, 5.74) is 8.61. The number of rotatable bonds is 6. The van der Waals surface area contributed by atoms with E-state index >= 15 is 0 Å². The van der Waals surface area contributed by atoms with E-state index in [2.05, 4.69) is 29.7 Å². The Bertz CT molecular complexity index is 463. The lowest BCUT2D eigenvalue weighted by molar-refractivity contribution is 0.207. The molecular formula is C13H19N3O2S. The van der Waals surface area contributed by atoms with Crippen molar-refractivity contribution in [2.75, 3.05) is 7.11 Å². The highest BCUT2D eigenvalue weighted by molar-refractivity contribution is 7.80.